The van der Waals surface area contributed by atoms with Gasteiger partial charge in [0.05, 0.1) is 5.54 Å². The highest BCUT2D eigenvalue weighted by atomic mass is 35.5. The molecule has 2 aromatic rings. The zero-order valence-corrected chi connectivity index (χ0v) is 13.2. The second-order valence-corrected chi connectivity index (χ2v) is 5.95. The van der Waals surface area contributed by atoms with E-state index >= 15 is 0 Å². The first kappa shape index (κ1) is 17.1. The summed E-state index contributed by atoms with van der Waals surface area (Å²) in [6.45, 7) is 2.92. The highest BCUT2D eigenvalue weighted by Gasteiger charge is 2.32. The molecule has 0 atom stereocenters. The predicted octanol–water partition coefficient (Wildman–Crippen LogP) is 4.01. The quantitative estimate of drug-likeness (QED) is 0.857. The van der Waals surface area contributed by atoms with Gasteiger partial charge >= 0.3 is 0 Å². The molecule has 0 aliphatic carbocycles. The van der Waals surface area contributed by atoms with Gasteiger partial charge in [-0.3, -0.25) is 9.59 Å². The maximum Gasteiger partial charge on any atom is 0.258 e. The third kappa shape index (κ3) is 3.74. The van der Waals surface area contributed by atoms with Gasteiger partial charge < -0.3 is 5.32 Å². The van der Waals surface area contributed by atoms with Crippen LogP contribution in [-0.4, -0.2) is 17.2 Å². The summed E-state index contributed by atoms with van der Waals surface area (Å²) in [5.74, 6) is -3.37. The molecule has 1 amide bonds. The summed E-state index contributed by atoms with van der Waals surface area (Å²) in [5, 5.41) is 2.83. The lowest BCUT2D eigenvalue weighted by Gasteiger charge is -2.25. The van der Waals surface area contributed by atoms with E-state index in [0.29, 0.717) is 10.6 Å². The number of nitrogens with one attached hydrogen (secondary N) is 1. The third-order valence-corrected chi connectivity index (χ3v) is 3.54. The minimum absolute atomic E-state index is 0.328. The SMILES string of the molecule is CC(C)(NC(=O)c1c(F)cccc1F)C(=O)c1ccc(Cl)cc1. The topological polar surface area (TPSA) is 46.2 Å². The van der Waals surface area contributed by atoms with E-state index in [1.807, 2.05) is 0 Å². The predicted molar refractivity (Wildman–Crippen MR) is 83.7 cm³/mol. The van der Waals surface area contributed by atoms with E-state index in [1.165, 1.54) is 26.0 Å². The third-order valence-electron chi connectivity index (χ3n) is 3.29. The van der Waals surface area contributed by atoms with Crippen LogP contribution in [0.15, 0.2) is 42.5 Å². The first-order valence-electron chi connectivity index (χ1n) is 6.79. The molecule has 2 rings (SSSR count). The van der Waals surface area contributed by atoms with Crippen molar-refractivity contribution in [3.8, 4) is 0 Å². The van der Waals surface area contributed by atoms with E-state index < -0.39 is 34.4 Å². The Labute approximate surface area is 137 Å². The van der Waals surface area contributed by atoms with Gasteiger partial charge in [0, 0.05) is 10.6 Å². The maximum atomic E-state index is 13.6. The molecule has 0 bridgehead atoms. The molecule has 0 radical (unpaired) electrons. The molecule has 120 valence electrons. The molecule has 0 aromatic heterocycles. The average Bonchev–Trinajstić information content (AvgIpc) is 2.46. The van der Waals surface area contributed by atoms with Crippen LogP contribution < -0.4 is 5.32 Å². The van der Waals surface area contributed by atoms with Crippen molar-refractivity contribution >= 4 is 23.3 Å². The first-order valence-corrected chi connectivity index (χ1v) is 7.17. The molecule has 0 saturated carbocycles. The molecule has 0 heterocycles. The molecule has 0 aliphatic rings. The monoisotopic (exact) mass is 337 g/mol. The standard InChI is InChI=1S/C17H14ClF2NO2/c1-17(2,15(22)10-6-8-11(18)9-7-10)21-16(23)14-12(19)4-3-5-13(14)20/h3-9H,1-2H3,(H,21,23). The van der Waals surface area contributed by atoms with Gasteiger partial charge in [0.15, 0.2) is 5.78 Å². The summed E-state index contributed by atoms with van der Waals surface area (Å²) in [4.78, 5) is 24.6. The maximum absolute atomic E-state index is 13.6. The van der Waals surface area contributed by atoms with Crippen molar-refractivity contribution in [1.29, 1.82) is 0 Å². The van der Waals surface area contributed by atoms with Crippen molar-refractivity contribution in [3.05, 3.63) is 70.2 Å². The van der Waals surface area contributed by atoms with Crippen molar-refractivity contribution in [2.45, 2.75) is 19.4 Å². The Morgan fingerprint density at radius 3 is 2.04 bits per heavy atom. The van der Waals surface area contributed by atoms with Crippen LogP contribution in [0.3, 0.4) is 0 Å². The highest BCUT2D eigenvalue weighted by Crippen LogP contribution is 2.18. The van der Waals surface area contributed by atoms with Gasteiger partial charge in [-0.1, -0.05) is 17.7 Å². The average molecular weight is 338 g/mol. The molecule has 23 heavy (non-hydrogen) atoms. The molecule has 0 unspecified atom stereocenters. The molecular weight excluding hydrogens is 324 g/mol. The number of Topliss-reactive ketones (excluding diaryl/α,β-unsaturated/α-hetero) is 1. The highest BCUT2D eigenvalue weighted by molar-refractivity contribution is 6.30. The van der Waals surface area contributed by atoms with Crippen molar-refractivity contribution in [2.24, 2.45) is 0 Å². The minimum Gasteiger partial charge on any atom is -0.340 e. The van der Waals surface area contributed by atoms with Crippen LogP contribution in [0.5, 0.6) is 0 Å². The number of ketones is 1. The van der Waals surface area contributed by atoms with Crippen LogP contribution in [0.1, 0.15) is 34.6 Å². The molecule has 1 N–H and O–H groups in total. The second-order valence-electron chi connectivity index (χ2n) is 5.51. The Hall–Kier alpha value is -2.27. The first-order chi connectivity index (χ1) is 10.7. The van der Waals surface area contributed by atoms with Gasteiger partial charge in [0.25, 0.3) is 5.91 Å². The van der Waals surface area contributed by atoms with E-state index in [9.17, 15) is 18.4 Å². The summed E-state index contributed by atoms with van der Waals surface area (Å²) in [6.07, 6.45) is 0. The summed E-state index contributed by atoms with van der Waals surface area (Å²) in [6, 6.07) is 9.24. The lowest BCUT2D eigenvalue weighted by atomic mass is 9.92. The molecule has 0 aliphatic heterocycles. The molecule has 2 aromatic carbocycles. The molecule has 6 heteroatoms. The molecule has 0 saturated heterocycles. The van der Waals surface area contributed by atoms with Crippen LogP contribution in [0.4, 0.5) is 8.78 Å². The van der Waals surface area contributed by atoms with Gasteiger partial charge in [-0.25, -0.2) is 8.78 Å². The minimum atomic E-state index is -1.35. The smallest absolute Gasteiger partial charge is 0.258 e. The summed E-state index contributed by atoms with van der Waals surface area (Å²) in [7, 11) is 0. The molecule has 0 spiro atoms. The summed E-state index contributed by atoms with van der Waals surface area (Å²) in [5.41, 5.74) is -1.74. The van der Waals surface area contributed by atoms with Gasteiger partial charge in [0.2, 0.25) is 0 Å². The van der Waals surface area contributed by atoms with E-state index in [0.717, 1.165) is 18.2 Å². The lowest BCUT2D eigenvalue weighted by Crippen LogP contribution is -2.50. The number of hydrogen-bond donors (Lipinski definition) is 1. The second kappa shape index (κ2) is 6.46. The van der Waals surface area contributed by atoms with Crippen LogP contribution in [0, 0.1) is 11.6 Å². The Balaban J connectivity index is 2.25. The van der Waals surface area contributed by atoms with Crippen LogP contribution >= 0.6 is 11.6 Å². The molecule has 0 fully saturated rings. The van der Waals surface area contributed by atoms with Gasteiger partial charge in [-0.15, -0.1) is 0 Å². The number of benzene rings is 2. The zero-order valence-electron chi connectivity index (χ0n) is 12.5. The van der Waals surface area contributed by atoms with E-state index in [2.05, 4.69) is 5.32 Å². The normalized spacial score (nSPS) is 11.2. The van der Waals surface area contributed by atoms with Crippen LogP contribution in [0.25, 0.3) is 0 Å². The van der Waals surface area contributed by atoms with Crippen molar-refractivity contribution in [1.82, 2.24) is 5.32 Å². The van der Waals surface area contributed by atoms with E-state index in [-0.39, 0.29) is 0 Å². The molecule has 3 nitrogen and oxygen atoms in total. The Morgan fingerprint density at radius 1 is 1.00 bits per heavy atom. The number of carbonyl (C=O) groups excluding carboxylic acids is 2. The fraction of sp³-hybridized carbons (Fsp3) is 0.176. The number of carbonyl (C=O) groups is 2. The Bertz CT molecular complexity index is 737. The fourth-order valence-corrected chi connectivity index (χ4v) is 2.21. The lowest BCUT2D eigenvalue weighted by molar-refractivity contribution is 0.0793. The summed E-state index contributed by atoms with van der Waals surface area (Å²) < 4.78 is 27.3. The Morgan fingerprint density at radius 2 is 1.52 bits per heavy atom. The van der Waals surface area contributed by atoms with E-state index in [1.54, 1.807) is 12.1 Å². The number of halogens is 3. The molecular formula is C17H14ClF2NO2. The van der Waals surface area contributed by atoms with E-state index in [4.69, 9.17) is 11.6 Å². The van der Waals surface area contributed by atoms with Crippen molar-refractivity contribution < 1.29 is 18.4 Å². The van der Waals surface area contributed by atoms with Crippen molar-refractivity contribution in [3.63, 3.8) is 0 Å². The number of rotatable bonds is 4. The fourth-order valence-electron chi connectivity index (χ4n) is 2.08. The van der Waals surface area contributed by atoms with Crippen LogP contribution in [-0.2, 0) is 0 Å². The largest absolute Gasteiger partial charge is 0.340 e. The van der Waals surface area contributed by atoms with Gasteiger partial charge in [0.1, 0.15) is 17.2 Å². The van der Waals surface area contributed by atoms with Crippen molar-refractivity contribution in [2.75, 3.05) is 0 Å². The number of amides is 1. The van der Waals surface area contributed by atoms with Gasteiger partial charge in [-0.2, -0.15) is 0 Å². The van der Waals surface area contributed by atoms with Crippen LogP contribution in [0.2, 0.25) is 5.02 Å². The zero-order chi connectivity index (χ0) is 17.2. The summed E-state index contributed by atoms with van der Waals surface area (Å²) >= 11 is 5.77. The number of hydrogen-bond acceptors (Lipinski definition) is 2. The van der Waals surface area contributed by atoms with Gasteiger partial charge in [-0.05, 0) is 50.2 Å². The Kier molecular flexibility index (Phi) is 4.80.